The minimum atomic E-state index is -0.735. The molecule has 10 unspecified atom stereocenters. The zero-order valence-corrected chi connectivity index (χ0v) is 22.7. The molecule has 1 saturated heterocycles. The van der Waals surface area contributed by atoms with Crippen molar-refractivity contribution >= 4 is 0 Å². The molecule has 5 rings (SSSR count). The first-order valence-corrected chi connectivity index (χ1v) is 14.5. The molecule has 190 valence electrons. The lowest BCUT2D eigenvalue weighted by Crippen LogP contribution is -2.68. The third kappa shape index (κ3) is 3.69. The second-order valence-corrected chi connectivity index (χ2v) is 14.4. The molecule has 3 heteroatoms. The van der Waals surface area contributed by atoms with Gasteiger partial charge in [0, 0.05) is 5.41 Å². The second kappa shape index (κ2) is 8.20. The Morgan fingerprint density at radius 2 is 1.58 bits per heavy atom. The molecule has 1 aliphatic heterocycles. The zero-order valence-electron chi connectivity index (χ0n) is 22.7. The van der Waals surface area contributed by atoms with Gasteiger partial charge < -0.3 is 14.6 Å². The van der Waals surface area contributed by atoms with E-state index in [-0.39, 0.29) is 17.6 Å². The number of aliphatic hydroxyl groups is 1. The van der Waals surface area contributed by atoms with Crippen LogP contribution in [0.1, 0.15) is 119 Å². The standard InChI is InChI=1S/C30H52O3/c1-19(2)9-8-10-20(3)22-11-12-23-21-13-18-30(31)26-25(32-27(4,5)33-26)15-17-29(30,7)24(21)14-16-28(22,23)6/h19-26,31H,8-18H2,1-7H3. The minimum Gasteiger partial charge on any atom is -0.386 e. The van der Waals surface area contributed by atoms with Gasteiger partial charge in [-0.15, -0.1) is 0 Å². The van der Waals surface area contributed by atoms with Crippen LogP contribution in [0.3, 0.4) is 0 Å². The molecule has 0 amide bonds. The van der Waals surface area contributed by atoms with Gasteiger partial charge in [-0.3, -0.25) is 0 Å². The molecular formula is C30H52O3. The van der Waals surface area contributed by atoms with Crippen LogP contribution in [-0.2, 0) is 9.47 Å². The van der Waals surface area contributed by atoms with Gasteiger partial charge in [0.1, 0.15) is 6.10 Å². The van der Waals surface area contributed by atoms with Crippen molar-refractivity contribution in [1.29, 1.82) is 0 Å². The maximum Gasteiger partial charge on any atom is 0.163 e. The highest BCUT2D eigenvalue weighted by molar-refractivity contribution is 5.18. The summed E-state index contributed by atoms with van der Waals surface area (Å²) in [4.78, 5) is 0. The van der Waals surface area contributed by atoms with Gasteiger partial charge in [0.05, 0.1) is 11.7 Å². The molecule has 5 fully saturated rings. The van der Waals surface area contributed by atoms with Crippen molar-refractivity contribution in [2.75, 3.05) is 0 Å². The third-order valence-electron chi connectivity index (χ3n) is 11.9. The lowest BCUT2D eigenvalue weighted by atomic mass is 9.42. The molecule has 0 aromatic rings. The first-order chi connectivity index (χ1) is 15.4. The Balaban J connectivity index is 1.34. The smallest absolute Gasteiger partial charge is 0.163 e. The van der Waals surface area contributed by atoms with E-state index in [1.54, 1.807) is 0 Å². The van der Waals surface area contributed by atoms with E-state index in [0.29, 0.717) is 11.3 Å². The van der Waals surface area contributed by atoms with E-state index in [1.807, 2.05) is 13.8 Å². The molecule has 33 heavy (non-hydrogen) atoms. The zero-order chi connectivity index (χ0) is 23.8. The molecule has 3 nitrogen and oxygen atoms in total. The molecule has 1 heterocycles. The summed E-state index contributed by atoms with van der Waals surface area (Å²) in [6.07, 6.45) is 13.8. The van der Waals surface area contributed by atoms with E-state index in [0.717, 1.165) is 48.9 Å². The Hall–Kier alpha value is -0.120. The van der Waals surface area contributed by atoms with Crippen LogP contribution in [0.5, 0.6) is 0 Å². The van der Waals surface area contributed by atoms with Crippen LogP contribution in [0.2, 0.25) is 0 Å². The van der Waals surface area contributed by atoms with E-state index in [2.05, 4.69) is 34.6 Å². The van der Waals surface area contributed by atoms with Gasteiger partial charge in [-0.05, 0) is 106 Å². The van der Waals surface area contributed by atoms with Gasteiger partial charge in [0.2, 0.25) is 0 Å². The Labute approximate surface area is 203 Å². The average Bonchev–Trinajstić information content (AvgIpc) is 3.25. The molecule has 5 aliphatic rings. The van der Waals surface area contributed by atoms with Gasteiger partial charge in [-0.1, -0.05) is 53.9 Å². The van der Waals surface area contributed by atoms with Crippen molar-refractivity contribution < 1.29 is 14.6 Å². The number of rotatable bonds is 5. The SMILES string of the molecule is CC(C)CCCC(C)C1CCC2C3CCC4(O)C5OC(C)(C)OC5CCC4(C)C3CCC12C. The Morgan fingerprint density at radius 3 is 2.30 bits per heavy atom. The van der Waals surface area contributed by atoms with Crippen LogP contribution in [0.25, 0.3) is 0 Å². The Bertz CT molecular complexity index is 732. The minimum absolute atomic E-state index is 0.0385. The van der Waals surface area contributed by atoms with Crippen LogP contribution in [0, 0.1) is 46.3 Å². The van der Waals surface area contributed by atoms with Gasteiger partial charge in [0.15, 0.2) is 5.79 Å². The molecule has 4 saturated carbocycles. The normalized spacial score (nSPS) is 51.5. The van der Waals surface area contributed by atoms with E-state index in [4.69, 9.17) is 9.47 Å². The summed E-state index contributed by atoms with van der Waals surface area (Å²) in [5, 5.41) is 12.3. The van der Waals surface area contributed by atoms with Crippen LogP contribution < -0.4 is 0 Å². The van der Waals surface area contributed by atoms with Crippen molar-refractivity contribution in [2.24, 2.45) is 46.3 Å². The van der Waals surface area contributed by atoms with Gasteiger partial charge in [-0.2, -0.15) is 0 Å². The summed E-state index contributed by atoms with van der Waals surface area (Å²) in [6, 6.07) is 0. The number of ether oxygens (including phenoxy) is 2. The topological polar surface area (TPSA) is 38.7 Å². The predicted molar refractivity (Wildman–Crippen MR) is 134 cm³/mol. The maximum absolute atomic E-state index is 12.3. The highest BCUT2D eigenvalue weighted by Gasteiger charge is 2.69. The summed E-state index contributed by atoms with van der Waals surface area (Å²) in [7, 11) is 0. The highest BCUT2D eigenvalue weighted by Crippen LogP contribution is 2.70. The average molecular weight is 461 g/mol. The number of fused-ring (bicyclic) bond motifs is 7. The molecule has 0 spiro atoms. The Kier molecular flexibility index (Phi) is 6.11. The highest BCUT2D eigenvalue weighted by atomic mass is 16.8. The summed E-state index contributed by atoms with van der Waals surface area (Å²) in [6.45, 7) is 16.4. The quantitative estimate of drug-likeness (QED) is 0.466. The van der Waals surface area contributed by atoms with E-state index in [9.17, 15) is 5.11 Å². The van der Waals surface area contributed by atoms with Gasteiger partial charge in [-0.25, -0.2) is 0 Å². The van der Waals surface area contributed by atoms with Gasteiger partial charge in [0.25, 0.3) is 0 Å². The van der Waals surface area contributed by atoms with Gasteiger partial charge >= 0.3 is 0 Å². The summed E-state index contributed by atoms with van der Waals surface area (Å²) >= 11 is 0. The first kappa shape index (κ1) is 24.6. The van der Waals surface area contributed by atoms with Crippen LogP contribution >= 0.6 is 0 Å². The van der Waals surface area contributed by atoms with Crippen LogP contribution in [-0.4, -0.2) is 28.7 Å². The summed E-state index contributed by atoms with van der Waals surface area (Å²) < 4.78 is 12.6. The van der Waals surface area contributed by atoms with Crippen molar-refractivity contribution in [2.45, 2.75) is 143 Å². The van der Waals surface area contributed by atoms with Crippen molar-refractivity contribution in [3.63, 3.8) is 0 Å². The second-order valence-electron chi connectivity index (χ2n) is 14.4. The van der Waals surface area contributed by atoms with Crippen molar-refractivity contribution in [3.05, 3.63) is 0 Å². The lowest BCUT2D eigenvalue weighted by Gasteiger charge is -2.65. The lowest BCUT2D eigenvalue weighted by molar-refractivity contribution is -0.257. The molecule has 4 aliphatic carbocycles. The van der Waals surface area contributed by atoms with Crippen LogP contribution in [0.15, 0.2) is 0 Å². The van der Waals surface area contributed by atoms with Crippen molar-refractivity contribution in [3.8, 4) is 0 Å². The monoisotopic (exact) mass is 460 g/mol. The largest absolute Gasteiger partial charge is 0.386 e. The maximum atomic E-state index is 12.3. The fourth-order valence-electron chi connectivity index (χ4n) is 10.3. The molecule has 0 aromatic carbocycles. The fraction of sp³-hybridized carbons (Fsp3) is 1.00. The molecule has 0 radical (unpaired) electrons. The number of hydrogen-bond acceptors (Lipinski definition) is 3. The summed E-state index contributed by atoms with van der Waals surface area (Å²) in [5.74, 6) is 4.29. The third-order valence-corrected chi connectivity index (χ3v) is 11.9. The summed E-state index contributed by atoms with van der Waals surface area (Å²) in [5.41, 5.74) is -0.264. The molecule has 1 N–H and O–H groups in total. The molecule has 0 aromatic heterocycles. The van der Waals surface area contributed by atoms with E-state index < -0.39 is 11.4 Å². The van der Waals surface area contributed by atoms with Crippen molar-refractivity contribution in [1.82, 2.24) is 0 Å². The number of hydrogen-bond donors (Lipinski definition) is 1. The molecule has 0 bridgehead atoms. The Morgan fingerprint density at radius 1 is 0.818 bits per heavy atom. The predicted octanol–water partition coefficient (Wildman–Crippen LogP) is 7.35. The molecule has 10 atom stereocenters. The fourth-order valence-corrected chi connectivity index (χ4v) is 10.3. The first-order valence-electron chi connectivity index (χ1n) is 14.5. The van der Waals surface area contributed by atoms with Crippen LogP contribution in [0.4, 0.5) is 0 Å². The van der Waals surface area contributed by atoms with E-state index >= 15 is 0 Å². The molecular weight excluding hydrogens is 408 g/mol. The van der Waals surface area contributed by atoms with E-state index in [1.165, 1.54) is 51.4 Å².